The second kappa shape index (κ2) is 10.3. The molecule has 5 nitrogen and oxygen atoms in total. The van der Waals surface area contributed by atoms with Crippen LogP contribution in [-0.2, 0) is 9.53 Å². The molecule has 4 rings (SSSR count). The van der Waals surface area contributed by atoms with Crippen LogP contribution in [0.2, 0.25) is 0 Å². The Hall–Kier alpha value is -2.66. The number of Topliss-reactive ketones (excluding diaryl/α,β-unsaturated/α-hetero) is 2. The summed E-state index contributed by atoms with van der Waals surface area (Å²) in [5.41, 5.74) is 4.62. The zero-order valence-corrected chi connectivity index (χ0v) is 21.3. The fraction of sp³-hybridized carbons (Fsp3) is 0.517. The van der Waals surface area contributed by atoms with Gasteiger partial charge in [0.05, 0.1) is 7.11 Å². The minimum absolute atomic E-state index is 0.0656. The first-order valence-corrected chi connectivity index (χ1v) is 12.7. The monoisotopic (exact) mass is 462 g/mol. The summed E-state index contributed by atoms with van der Waals surface area (Å²) in [5.74, 6) is 1.37. The van der Waals surface area contributed by atoms with Crippen molar-refractivity contribution in [2.75, 3.05) is 26.7 Å². The van der Waals surface area contributed by atoms with Gasteiger partial charge in [0.2, 0.25) is 0 Å². The molecule has 34 heavy (non-hydrogen) atoms. The zero-order valence-electron chi connectivity index (χ0n) is 21.3. The number of carbonyl (C=O) groups is 2. The molecule has 1 aromatic carbocycles. The van der Waals surface area contributed by atoms with Gasteiger partial charge < -0.3 is 14.2 Å². The molecule has 0 unspecified atom stereocenters. The van der Waals surface area contributed by atoms with Gasteiger partial charge in [0.25, 0.3) is 0 Å². The van der Waals surface area contributed by atoms with Crippen molar-refractivity contribution in [2.45, 2.75) is 65.8 Å². The molecule has 1 aliphatic heterocycles. The van der Waals surface area contributed by atoms with Gasteiger partial charge in [0.15, 0.2) is 11.6 Å². The number of hydrogen-bond acceptors (Lipinski definition) is 4. The molecule has 1 aliphatic carbocycles. The molecule has 2 heterocycles. The summed E-state index contributed by atoms with van der Waals surface area (Å²) in [5, 5.41) is 1.02. The van der Waals surface area contributed by atoms with Crippen LogP contribution in [0.1, 0.15) is 75.0 Å². The standard InChI is InChI=1S/C29H38N2O3/c1-6-30-15-13-22(14-16-30)20(3)31-21(4)29(23-9-7-8-10-25(23)31)26(32)12-11-24-27(33)17-19(2)18-28(24)34-5/h7-10,18,20,22H,6,11-17H2,1-5H3/t20-/m1/s1. The summed E-state index contributed by atoms with van der Waals surface area (Å²) < 4.78 is 7.85. The zero-order chi connectivity index (χ0) is 24.4. The predicted octanol–water partition coefficient (Wildman–Crippen LogP) is 6.03. The van der Waals surface area contributed by atoms with Gasteiger partial charge in [-0.1, -0.05) is 30.7 Å². The Balaban J connectivity index is 1.62. The van der Waals surface area contributed by atoms with Gasteiger partial charge in [-0.05, 0) is 77.7 Å². The van der Waals surface area contributed by atoms with E-state index in [2.05, 4.69) is 48.4 Å². The van der Waals surface area contributed by atoms with E-state index in [1.807, 2.05) is 19.1 Å². The number of rotatable bonds is 8. The Morgan fingerprint density at radius 3 is 2.56 bits per heavy atom. The van der Waals surface area contributed by atoms with Gasteiger partial charge in [-0.3, -0.25) is 9.59 Å². The number of para-hydroxylation sites is 1. The van der Waals surface area contributed by atoms with Crippen LogP contribution in [0.4, 0.5) is 0 Å². The van der Waals surface area contributed by atoms with E-state index in [1.54, 1.807) is 7.11 Å². The lowest BCUT2D eigenvalue weighted by atomic mass is 9.90. The Labute approximate surface area is 203 Å². The molecular weight excluding hydrogens is 424 g/mol. The van der Waals surface area contributed by atoms with Crippen molar-refractivity contribution in [1.29, 1.82) is 0 Å². The second-order valence-electron chi connectivity index (χ2n) is 9.92. The van der Waals surface area contributed by atoms with Crippen molar-refractivity contribution in [3.8, 4) is 0 Å². The van der Waals surface area contributed by atoms with Crippen molar-refractivity contribution in [2.24, 2.45) is 5.92 Å². The lowest BCUT2D eigenvalue weighted by molar-refractivity contribution is -0.115. The van der Waals surface area contributed by atoms with Gasteiger partial charge in [-0.2, -0.15) is 0 Å². The second-order valence-corrected chi connectivity index (χ2v) is 9.92. The third-order valence-corrected chi connectivity index (χ3v) is 7.88. The average Bonchev–Trinajstić information content (AvgIpc) is 3.14. The maximum atomic E-state index is 13.6. The number of hydrogen-bond donors (Lipinski definition) is 0. The highest BCUT2D eigenvalue weighted by Crippen LogP contribution is 2.36. The normalized spacial score (nSPS) is 19.0. The first-order valence-electron chi connectivity index (χ1n) is 12.7. The molecule has 0 bridgehead atoms. The SMILES string of the molecule is CCN1CCC([C@@H](C)n2c(C)c(C(=O)CCC3=C(OC)C=C(C)CC3=O)c3ccccc32)CC1. The van der Waals surface area contributed by atoms with E-state index < -0.39 is 0 Å². The van der Waals surface area contributed by atoms with E-state index in [0.717, 1.165) is 47.4 Å². The number of carbonyl (C=O) groups excluding carboxylic acids is 2. The fourth-order valence-electron chi connectivity index (χ4n) is 5.90. The number of aromatic nitrogens is 1. The van der Waals surface area contributed by atoms with Gasteiger partial charge in [-0.15, -0.1) is 0 Å². The average molecular weight is 463 g/mol. The predicted molar refractivity (Wildman–Crippen MR) is 137 cm³/mol. The Morgan fingerprint density at radius 2 is 1.88 bits per heavy atom. The third-order valence-electron chi connectivity index (χ3n) is 7.88. The summed E-state index contributed by atoms with van der Waals surface area (Å²) in [6.45, 7) is 12.0. The third kappa shape index (κ3) is 4.63. The number of benzene rings is 1. The van der Waals surface area contributed by atoms with Crippen molar-refractivity contribution < 1.29 is 14.3 Å². The fourth-order valence-corrected chi connectivity index (χ4v) is 5.90. The first kappa shape index (κ1) is 24.5. The number of likely N-dealkylation sites (tertiary alicyclic amines) is 1. The highest BCUT2D eigenvalue weighted by molar-refractivity contribution is 6.10. The van der Waals surface area contributed by atoms with E-state index in [-0.39, 0.29) is 11.6 Å². The van der Waals surface area contributed by atoms with Crippen LogP contribution >= 0.6 is 0 Å². The highest BCUT2D eigenvalue weighted by atomic mass is 16.5. The van der Waals surface area contributed by atoms with E-state index in [4.69, 9.17) is 4.74 Å². The van der Waals surface area contributed by atoms with Crippen LogP contribution < -0.4 is 0 Å². The summed E-state index contributed by atoms with van der Waals surface area (Å²) in [6.07, 6.45) is 5.42. The summed E-state index contributed by atoms with van der Waals surface area (Å²) in [4.78, 5) is 28.7. The van der Waals surface area contributed by atoms with Gasteiger partial charge in [-0.25, -0.2) is 0 Å². The first-order chi connectivity index (χ1) is 16.3. The lowest BCUT2D eigenvalue weighted by Gasteiger charge is -2.35. The van der Waals surface area contributed by atoms with Crippen LogP contribution in [0, 0.1) is 12.8 Å². The minimum atomic E-state index is 0.0656. The van der Waals surface area contributed by atoms with Crippen LogP contribution in [0.25, 0.3) is 10.9 Å². The van der Waals surface area contributed by atoms with Crippen LogP contribution in [0.5, 0.6) is 0 Å². The molecule has 0 amide bonds. The number of methoxy groups -OCH3 is 1. The minimum Gasteiger partial charge on any atom is -0.496 e. The van der Waals surface area contributed by atoms with E-state index >= 15 is 0 Å². The molecule has 2 aromatic rings. The maximum absolute atomic E-state index is 13.6. The summed E-state index contributed by atoms with van der Waals surface area (Å²) >= 11 is 0. The molecular formula is C29H38N2O3. The molecule has 1 fully saturated rings. The molecule has 0 N–H and O–H groups in total. The Kier molecular flexibility index (Phi) is 7.42. The molecule has 182 valence electrons. The Bertz CT molecular complexity index is 1150. The van der Waals surface area contributed by atoms with E-state index in [0.29, 0.717) is 42.6 Å². The van der Waals surface area contributed by atoms with Crippen molar-refractivity contribution >= 4 is 22.5 Å². The number of nitrogens with zero attached hydrogens (tertiary/aromatic N) is 2. The number of allylic oxidation sites excluding steroid dienone is 3. The molecule has 0 radical (unpaired) electrons. The summed E-state index contributed by atoms with van der Waals surface area (Å²) in [6, 6.07) is 8.61. The quantitative estimate of drug-likeness (QED) is 0.450. The van der Waals surface area contributed by atoms with Gasteiger partial charge in [0.1, 0.15) is 5.76 Å². The van der Waals surface area contributed by atoms with Crippen molar-refractivity contribution in [3.05, 3.63) is 58.5 Å². The molecule has 0 saturated carbocycles. The van der Waals surface area contributed by atoms with Crippen LogP contribution in [-0.4, -0.2) is 47.8 Å². The van der Waals surface area contributed by atoms with Crippen molar-refractivity contribution in [1.82, 2.24) is 9.47 Å². The molecule has 2 aliphatic rings. The van der Waals surface area contributed by atoms with E-state index in [9.17, 15) is 9.59 Å². The van der Waals surface area contributed by atoms with Crippen LogP contribution in [0.15, 0.2) is 47.2 Å². The topological polar surface area (TPSA) is 51.5 Å². The molecule has 0 spiro atoms. The lowest BCUT2D eigenvalue weighted by Crippen LogP contribution is -2.36. The molecule has 1 atom stereocenters. The summed E-state index contributed by atoms with van der Waals surface area (Å²) in [7, 11) is 1.59. The smallest absolute Gasteiger partial charge is 0.166 e. The Morgan fingerprint density at radius 1 is 1.18 bits per heavy atom. The molecule has 5 heteroatoms. The van der Waals surface area contributed by atoms with Crippen LogP contribution in [0.3, 0.4) is 0 Å². The largest absolute Gasteiger partial charge is 0.496 e. The number of ether oxygens (including phenoxy) is 1. The maximum Gasteiger partial charge on any atom is 0.166 e. The van der Waals surface area contributed by atoms with Crippen molar-refractivity contribution in [3.63, 3.8) is 0 Å². The molecule has 1 aromatic heterocycles. The highest BCUT2D eigenvalue weighted by Gasteiger charge is 2.29. The molecule has 1 saturated heterocycles. The number of piperidine rings is 1. The van der Waals surface area contributed by atoms with Gasteiger partial charge in [0, 0.05) is 46.6 Å². The van der Waals surface area contributed by atoms with Gasteiger partial charge >= 0.3 is 0 Å². The number of fused-ring (bicyclic) bond motifs is 1. The van der Waals surface area contributed by atoms with E-state index in [1.165, 1.54) is 12.8 Å². The number of ketones is 2.